The lowest BCUT2D eigenvalue weighted by molar-refractivity contribution is -0.120. The zero-order chi connectivity index (χ0) is 15.3. The van der Waals surface area contributed by atoms with Gasteiger partial charge in [-0.2, -0.15) is 0 Å². The predicted molar refractivity (Wildman–Crippen MR) is 78.4 cm³/mol. The predicted octanol–water partition coefficient (Wildman–Crippen LogP) is 1.66. The van der Waals surface area contributed by atoms with Gasteiger partial charge in [-0.1, -0.05) is 32.0 Å². The molecule has 0 radical (unpaired) electrons. The number of hydrogen-bond donors (Lipinski definition) is 2. The van der Waals surface area contributed by atoms with E-state index in [1.807, 2.05) is 25.7 Å². The lowest BCUT2D eigenvalue weighted by atomic mass is 9.97. The Labute approximate surface area is 119 Å². The largest absolute Gasteiger partial charge is 0.369 e. The van der Waals surface area contributed by atoms with Crippen LogP contribution in [0.3, 0.4) is 0 Å². The van der Waals surface area contributed by atoms with Crippen molar-refractivity contribution in [2.75, 3.05) is 13.1 Å². The molecular weight excluding hydrogens is 257 g/mol. The molecular formula is C15H24FN3O. The van der Waals surface area contributed by atoms with Crippen LogP contribution in [-0.4, -0.2) is 29.9 Å². The van der Waals surface area contributed by atoms with E-state index in [4.69, 9.17) is 11.5 Å². The van der Waals surface area contributed by atoms with E-state index in [0.29, 0.717) is 18.0 Å². The second kappa shape index (κ2) is 7.36. The molecule has 0 aliphatic carbocycles. The zero-order valence-corrected chi connectivity index (χ0v) is 12.3. The summed E-state index contributed by atoms with van der Waals surface area (Å²) in [5, 5.41) is 0. The van der Waals surface area contributed by atoms with E-state index in [2.05, 4.69) is 0 Å². The van der Waals surface area contributed by atoms with Gasteiger partial charge in [-0.3, -0.25) is 9.69 Å². The minimum absolute atomic E-state index is 0.0682. The minimum Gasteiger partial charge on any atom is -0.369 e. The molecule has 1 aromatic carbocycles. The van der Waals surface area contributed by atoms with Crippen molar-refractivity contribution in [2.24, 2.45) is 17.4 Å². The molecule has 0 saturated carbocycles. The maximum atomic E-state index is 14.0. The van der Waals surface area contributed by atoms with E-state index in [1.54, 1.807) is 18.2 Å². The summed E-state index contributed by atoms with van der Waals surface area (Å²) in [6.07, 6.45) is 0. The number of rotatable bonds is 7. The van der Waals surface area contributed by atoms with Crippen LogP contribution in [-0.2, 0) is 4.79 Å². The van der Waals surface area contributed by atoms with Crippen molar-refractivity contribution < 1.29 is 9.18 Å². The fourth-order valence-corrected chi connectivity index (χ4v) is 2.47. The molecule has 0 aliphatic rings. The zero-order valence-electron chi connectivity index (χ0n) is 12.3. The molecule has 2 atom stereocenters. The summed E-state index contributed by atoms with van der Waals surface area (Å²) in [7, 11) is 0. The van der Waals surface area contributed by atoms with E-state index in [-0.39, 0.29) is 24.4 Å². The van der Waals surface area contributed by atoms with E-state index < -0.39 is 5.91 Å². The highest BCUT2D eigenvalue weighted by molar-refractivity contribution is 5.76. The van der Waals surface area contributed by atoms with Crippen molar-refractivity contribution in [2.45, 2.75) is 32.9 Å². The fraction of sp³-hybridized carbons (Fsp3) is 0.533. The van der Waals surface area contributed by atoms with E-state index >= 15 is 0 Å². The molecule has 1 amide bonds. The molecule has 0 aliphatic heterocycles. The van der Waals surface area contributed by atoms with Crippen LogP contribution in [0.1, 0.15) is 32.4 Å². The van der Waals surface area contributed by atoms with Gasteiger partial charge in [-0.25, -0.2) is 4.39 Å². The molecule has 4 N–H and O–H groups in total. The average Bonchev–Trinajstić information content (AvgIpc) is 2.29. The average molecular weight is 281 g/mol. The number of nitrogens with zero attached hydrogens (tertiary/aromatic N) is 1. The first-order valence-corrected chi connectivity index (χ1v) is 6.85. The molecule has 1 rings (SSSR count). The van der Waals surface area contributed by atoms with Crippen molar-refractivity contribution in [3.63, 3.8) is 0 Å². The van der Waals surface area contributed by atoms with Crippen LogP contribution in [0.4, 0.5) is 4.39 Å². The third kappa shape index (κ3) is 4.58. The van der Waals surface area contributed by atoms with Crippen LogP contribution in [0.2, 0.25) is 0 Å². The van der Waals surface area contributed by atoms with Crippen LogP contribution in [0, 0.1) is 11.7 Å². The number of carbonyl (C=O) groups excluding carboxylic acids is 1. The van der Waals surface area contributed by atoms with Crippen LogP contribution >= 0.6 is 0 Å². The van der Waals surface area contributed by atoms with Gasteiger partial charge in [0.05, 0.1) is 12.6 Å². The first-order chi connectivity index (χ1) is 9.32. The highest BCUT2D eigenvalue weighted by atomic mass is 19.1. The van der Waals surface area contributed by atoms with E-state index in [9.17, 15) is 9.18 Å². The number of nitrogens with two attached hydrogens (primary N) is 2. The summed E-state index contributed by atoms with van der Waals surface area (Å²) in [6, 6.07) is 5.83. The Hall–Kier alpha value is -1.46. The highest BCUT2D eigenvalue weighted by Gasteiger charge is 2.27. The standard InChI is InChI=1S/C15H24FN3O/c1-10(2)8-19(9-14(18)20)15(11(3)17)12-6-4-5-7-13(12)16/h4-7,10-11,15H,8-9,17H2,1-3H3,(H2,18,20). The van der Waals surface area contributed by atoms with Crippen molar-refractivity contribution in [1.82, 2.24) is 4.90 Å². The Morgan fingerprint density at radius 1 is 1.30 bits per heavy atom. The van der Waals surface area contributed by atoms with Gasteiger partial charge < -0.3 is 11.5 Å². The Morgan fingerprint density at radius 3 is 2.35 bits per heavy atom. The summed E-state index contributed by atoms with van der Waals surface area (Å²) < 4.78 is 14.0. The fourth-order valence-electron chi connectivity index (χ4n) is 2.47. The van der Waals surface area contributed by atoms with E-state index in [0.717, 1.165) is 0 Å². The molecule has 1 aromatic rings. The number of primary amides is 1. The van der Waals surface area contributed by atoms with Crippen LogP contribution in [0.15, 0.2) is 24.3 Å². The number of amides is 1. The molecule has 4 nitrogen and oxygen atoms in total. The molecule has 0 bridgehead atoms. The number of halogens is 1. The van der Waals surface area contributed by atoms with Gasteiger partial charge in [0.2, 0.25) is 5.91 Å². The number of hydrogen-bond acceptors (Lipinski definition) is 3. The summed E-state index contributed by atoms with van der Waals surface area (Å²) in [4.78, 5) is 13.1. The molecule has 20 heavy (non-hydrogen) atoms. The molecule has 0 saturated heterocycles. The Balaban J connectivity index is 3.13. The summed E-state index contributed by atoms with van der Waals surface area (Å²) in [5.41, 5.74) is 11.8. The second-order valence-electron chi connectivity index (χ2n) is 5.62. The van der Waals surface area contributed by atoms with Crippen LogP contribution < -0.4 is 11.5 Å². The van der Waals surface area contributed by atoms with Crippen molar-refractivity contribution >= 4 is 5.91 Å². The molecule has 2 unspecified atom stereocenters. The SMILES string of the molecule is CC(C)CN(CC(N)=O)C(c1ccccc1F)C(C)N. The lowest BCUT2D eigenvalue weighted by Gasteiger charge is -2.35. The first-order valence-electron chi connectivity index (χ1n) is 6.85. The Bertz CT molecular complexity index is 448. The van der Waals surface area contributed by atoms with E-state index in [1.165, 1.54) is 6.07 Å². The van der Waals surface area contributed by atoms with Gasteiger partial charge in [0.15, 0.2) is 0 Å². The van der Waals surface area contributed by atoms with Gasteiger partial charge in [0.25, 0.3) is 0 Å². The molecule has 0 aromatic heterocycles. The molecule has 112 valence electrons. The summed E-state index contributed by atoms with van der Waals surface area (Å²) in [5.74, 6) is -0.428. The molecule has 0 fully saturated rings. The van der Waals surface area contributed by atoms with Gasteiger partial charge in [-0.05, 0) is 18.9 Å². The van der Waals surface area contributed by atoms with Crippen molar-refractivity contribution in [1.29, 1.82) is 0 Å². The highest BCUT2D eigenvalue weighted by Crippen LogP contribution is 2.26. The van der Waals surface area contributed by atoms with Gasteiger partial charge in [-0.15, -0.1) is 0 Å². The van der Waals surface area contributed by atoms with Crippen LogP contribution in [0.25, 0.3) is 0 Å². The molecule has 0 heterocycles. The summed E-state index contributed by atoms with van der Waals surface area (Å²) in [6.45, 7) is 6.58. The molecule has 5 heteroatoms. The maximum Gasteiger partial charge on any atom is 0.231 e. The minimum atomic E-state index is -0.437. The maximum absolute atomic E-state index is 14.0. The Kier molecular flexibility index (Phi) is 6.10. The number of carbonyl (C=O) groups is 1. The normalized spacial score (nSPS) is 14.6. The summed E-state index contributed by atoms with van der Waals surface area (Å²) >= 11 is 0. The monoisotopic (exact) mass is 281 g/mol. The van der Waals surface area contributed by atoms with Gasteiger partial charge >= 0.3 is 0 Å². The Morgan fingerprint density at radius 2 is 1.90 bits per heavy atom. The van der Waals surface area contributed by atoms with Crippen molar-refractivity contribution in [3.05, 3.63) is 35.6 Å². The third-order valence-corrected chi connectivity index (χ3v) is 3.07. The molecule has 0 spiro atoms. The topological polar surface area (TPSA) is 72.3 Å². The smallest absolute Gasteiger partial charge is 0.231 e. The second-order valence-corrected chi connectivity index (χ2v) is 5.62. The van der Waals surface area contributed by atoms with Gasteiger partial charge in [0.1, 0.15) is 5.82 Å². The first kappa shape index (κ1) is 16.6. The van der Waals surface area contributed by atoms with Gasteiger partial charge in [0, 0.05) is 18.2 Å². The lowest BCUT2D eigenvalue weighted by Crippen LogP contribution is -2.45. The third-order valence-electron chi connectivity index (χ3n) is 3.07. The van der Waals surface area contributed by atoms with Crippen molar-refractivity contribution in [3.8, 4) is 0 Å². The number of benzene rings is 1. The quantitative estimate of drug-likeness (QED) is 0.798. The van der Waals surface area contributed by atoms with Crippen LogP contribution in [0.5, 0.6) is 0 Å².